The molecule has 0 atom stereocenters. The first kappa shape index (κ1) is 24.1. The van der Waals surface area contributed by atoms with Gasteiger partial charge in [-0.25, -0.2) is 17.8 Å². The summed E-state index contributed by atoms with van der Waals surface area (Å²) in [4.78, 5) is 21.3. The molecule has 172 valence electrons. The van der Waals surface area contributed by atoms with Gasteiger partial charge < -0.3 is 9.64 Å². The zero-order chi connectivity index (χ0) is 23.3. The molecule has 0 aliphatic rings. The summed E-state index contributed by atoms with van der Waals surface area (Å²) in [6.45, 7) is 1.08. The van der Waals surface area contributed by atoms with E-state index in [2.05, 4.69) is 4.98 Å². The van der Waals surface area contributed by atoms with Gasteiger partial charge >= 0.3 is 0 Å². The number of rotatable bonds is 10. The SMILES string of the molecule is COc1ccc2nc(N(CCN(C)C)C(=O)CCCS(=O)(=O)c3ccc(F)cc3)sc2c1. The standard InChI is InChI=1S/C22H26FN3O4S2/c1-25(2)12-13-26(22-24-19-11-8-17(30-3)15-20(19)31-22)21(27)5-4-14-32(28,29)18-9-6-16(23)7-10-18/h6-11,15H,4-5,12-14H2,1-3H3. The summed E-state index contributed by atoms with van der Waals surface area (Å²) in [6, 6.07) is 10.2. The Bertz CT molecular complexity index is 1180. The first-order valence-corrected chi connectivity index (χ1v) is 12.5. The van der Waals surface area contributed by atoms with E-state index in [0.717, 1.165) is 22.3 Å². The van der Waals surface area contributed by atoms with Crippen LogP contribution in [0.15, 0.2) is 47.4 Å². The molecule has 1 heterocycles. The third kappa shape index (κ3) is 6.02. The normalized spacial score (nSPS) is 11.8. The molecule has 10 heteroatoms. The number of hydrogen-bond donors (Lipinski definition) is 0. The van der Waals surface area contributed by atoms with Crippen molar-refractivity contribution in [2.75, 3.05) is 44.9 Å². The number of carbonyl (C=O) groups excluding carboxylic acids is 1. The van der Waals surface area contributed by atoms with E-state index in [4.69, 9.17) is 4.74 Å². The molecule has 0 N–H and O–H groups in total. The lowest BCUT2D eigenvalue weighted by atomic mass is 10.3. The lowest BCUT2D eigenvalue weighted by Gasteiger charge is -2.22. The molecule has 2 aromatic carbocycles. The van der Waals surface area contributed by atoms with E-state index in [1.54, 1.807) is 12.0 Å². The van der Waals surface area contributed by atoms with Crippen LogP contribution in [-0.4, -0.2) is 64.3 Å². The maximum atomic E-state index is 13.1. The predicted molar refractivity (Wildman–Crippen MR) is 125 cm³/mol. The van der Waals surface area contributed by atoms with Gasteiger partial charge in [-0.1, -0.05) is 11.3 Å². The van der Waals surface area contributed by atoms with Gasteiger partial charge in [-0.3, -0.25) is 9.69 Å². The van der Waals surface area contributed by atoms with E-state index in [0.29, 0.717) is 24.0 Å². The summed E-state index contributed by atoms with van der Waals surface area (Å²) in [5.41, 5.74) is 0.771. The van der Waals surface area contributed by atoms with Gasteiger partial charge in [0.05, 0.1) is 28.0 Å². The molecule has 32 heavy (non-hydrogen) atoms. The second-order valence-electron chi connectivity index (χ2n) is 7.56. The van der Waals surface area contributed by atoms with Gasteiger partial charge in [0.2, 0.25) is 5.91 Å². The number of thiazole rings is 1. The molecule has 3 rings (SSSR count). The molecular formula is C22H26FN3O4S2. The number of hydrogen-bond acceptors (Lipinski definition) is 7. The predicted octanol–water partition coefficient (Wildman–Crippen LogP) is 3.59. The Balaban J connectivity index is 1.72. The minimum absolute atomic E-state index is 0.0518. The van der Waals surface area contributed by atoms with Crippen LogP contribution in [-0.2, 0) is 14.6 Å². The van der Waals surface area contributed by atoms with Gasteiger partial charge in [0.15, 0.2) is 15.0 Å². The monoisotopic (exact) mass is 479 g/mol. The van der Waals surface area contributed by atoms with E-state index in [-0.39, 0.29) is 29.4 Å². The molecule has 0 bridgehead atoms. The number of amides is 1. The lowest BCUT2D eigenvalue weighted by Crippen LogP contribution is -2.36. The van der Waals surface area contributed by atoms with Crippen molar-refractivity contribution in [1.29, 1.82) is 0 Å². The van der Waals surface area contributed by atoms with Crippen LogP contribution in [0.2, 0.25) is 0 Å². The second kappa shape index (κ2) is 10.4. The van der Waals surface area contributed by atoms with Crippen LogP contribution < -0.4 is 9.64 Å². The van der Waals surface area contributed by atoms with E-state index in [9.17, 15) is 17.6 Å². The number of methoxy groups -OCH3 is 1. The van der Waals surface area contributed by atoms with E-state index < -0.39 is 15.7 Å². The summed E-state index contributed by atoms with van der Waals surface area (Å²) in [6.07, 6.45) is 0.225. The van der Waals surface area contributed by atoms with Gasteiger partial charge in [0, 0.05) is 19.5 Å². The molecule has 0 spiro atoms. The van der Waals surface area contributed by atoms with Crippen LogP contribution in [0.3, 0.4) is 0 Å². The number of carbonyl (C=O) groups is 1. The fourth-order valence-electron chi connectivity index (χ4n) is 3.07. The van der Waals surface area contributed by atoms with Gasteiger partial charge in [-0.05, 0) is 63.0 Å². The van der Waals surface area contributed by atoms with E-state index in [1.807, 2.05) is 37.2 Å². The minimum atomic E-state index is -3.59. The van der Waals surface area contributed by atoms with Crippen LogP contribution in [0.5, 0.6) is 5.75 Å². The number of benzene rings is 2. The van der Waals surface area contributed by atoms with Crippen LogP contribution >= 0.6 is 11.3 Å². The van der Waals surface area contributed by atoms with Crippen LogP contribution in [0.1, 0.15) is 12.8 Å². The topological polar surface area (TPSA) is 79.8 Å². The lowest BCUT2D eigenvalue weighted by molar-refractivity contribution is -0.118. The molecular weight excluding hydrogens is 453 g/mol. The highest BCUT2D eigenvalue weighted by atomic mass is 32.2. The average molecular weight is 480 g/mol. The Morgan fingerprint density at radius 3 is 2.50 bits per heavy atom. The molecule has 1 aromatic heterocycles. The molecule has 0 aliphatic carbocycles. The zero-order valence-electron chi connectivity index (χ0n) is 18.2. The first-order chi connectivity index (χ1) is 15.2. The second-order valence-corrected chi connectivity index (χ2v) is 10.7. The van der Waals surface area contributed by atoms with Gasteiger partial charge in [0.1, 0.15) is 11.6 Å². The highest BCUT2D eigenvalue weighted by Gasteiger charge is 2.22. The number of anilines is 1. The van der Waals surface area contributed by atoms with Crippen molar-refractivity contribution in [2.45, 2.75) is 17.7 Å². The zero-order valence-corrected chi connectivity index (χ0v) is 19.9. The number of aromatic nitrogens is 1. The quantitative estimate of drug-likeness (QED) is 0.414. The van der Waals surface area contributed by atoms with Crippen molar-refractivity contribution in [2.24, 2.45) is 0 Å². The minimum Gasteiger partial charge on any atom is -0.497 e. The van der Waals surface area contributed by atoms with E-state index >= 15 is 0 Å². The van der Waals surface area contributed by atoms with Crippen molar-refractivity contribution in [1.82, 2.24) is 9.88 Å². The number of likely N-dealkylation sites (N-methyl/N-ethyl adjacent to an activating group) is 1. The number of sulfone groups is 1. The maximum absolute atomic E-state index is 13.1. The molecule has 3 aromatic rings. The Morgan fingerprint density at radius 1 is 1.12 bits per heavy atom. The molecule has 0 saturated carbocycles. The van der Waals surface area contributed by atoms with E-state index in [1.165, 1.54) is 23.5 Å². The van der Waals surface area contributed by atoms with Crippen LogP contribution in [0, 0.1) is 5.82 Å². The van der Waals surface area contributed by atoms with Crippen molar-refractivity contribution in [3.8, 4) is 5.75 Å². The van der Waals surface area contributed by atoms with Gasteiger partial charge in [-0.2, -0.15) is 0 Å². The number of fused-ring (bicyclic) bond motifs is 1. The molecule has 1 amide bonds. The molecule has 0 fully saturated rings. The Morgan fingerprint density at radius 2 is 1.84 bits per heavy atom. The fraction of sp³-hybridized carbons (Fsp3) is 0.364. The average Bonchev–Trinajstić information content (AvgIpc) is 3.16. The molecule has 7 nitrogen and oxygen atoms in total. The van der Waals surface area contributed by atoms with Crippen molar-refractivity contribution >= 4 is 42.4 Å². The largest absolute Gasteiger partial charge is 0.497 e. The number of ether oxygens (including phenoxy) is 1. The summed E-state index contributed by atoms with van der Waals surface area (Å²) in [5, 5.41) is 0.571. The Labute approximate surface area is 191 Å². The highest BCUT2D eigenvalue weighted by Crippen LogP contribution is 2.32. The van der Waals surface area contributed by atoms with Gasteiger partial charge in [-0.15, -0.1) is 0 Å². The molecule has 0 aliphatic heterocycles. The third-order valence-electron chi connectivity index (χ3n) is 4.86. The van der Waals surface area contributed by atoms with Crippen molar-refractivity contribution < 1.29 is 22.3 Å². The smallest absolute Gasteiger partial charge is 0.228 e. The molecule has 0 saturated heterocycles. The summed E-state index contributed by atoms with van der Waals surface area (Å²) in [5.74, 6) is -0.163. The highest BCUT2D eigenvalue weighted by molar-refractivity contribution is 7.91. The van der Waals surface area contributed by atoms with Crippen LogP contribution in [0.4, 0.5) is 9.52 Å². The third-order valence-corrected chi connectivity index (χ3v) is 7.72. The summed E-state index contributed by atoms with van der Waals surface area (Å²) >= 11 is 1.39. The summed E-state index contributed by atoms with van der Waals surface area (Å²) < 4.78 is 44.2. The Kier molecular flexibility index (Phi) is 7.81. The van der Waals surface area contributed by atoms with Crippen molar-refractivity contribution in [3.63, 3.8) is 0 Å². The fourth-order valence-corrected chi connectivity index (χ4v) is 5.42. The molecule has 0 unspecified atom stereocenters. The number of halogens is 1. The molecule has 0 radical (unpaired) electrons. The number of nitrogens with zero attached hydrogens (tertiary/aromatic N) is 3. The maximum Gasteiger partial charge on any atom is 0.228 e. The van der Waals surface area contributed by atoms with Crippen molar-refractivity contribution in [3.05, 3.63) is 48.3 Å². The van der Waals surface area contributed by atoms with Crippen LogP contribution in [0.25, 0.3) is 10.2 Å². The Hall–Kier alpha value is -2.56. The first-order valence-electron chi connectivity index (χ1n) is 10.1. The van der Waals surface area contributed by atoms with Gasteiger partial charge in [0.25, 0.3) is 0 Å². The summed E-state index contributed by atoms with van der Waals surface area (Å²) in [7, 11) is 1.84.